The quantitative estimate of drug-likeness (QED) is 0.693. The van der Waals surface area contributed by atoms with E-state index in [1.165, 1.54) is 7.05 Å². The summed E-state index contributed by atoms with van der Waals surface area (Å²) in [7, 11) is 1.40. The van der Waals surface area contributed by atoms with Crippen molar-refractivity contribution < 1.29 is 18.3 Å². The Morgan fingerprint density at radius 3 is 2.36 bits per heavy atom. The average Bonchev–Trinajstić information content (AvgIpc) is 2.98. The predicted molar refractivity (Wildman–Crippen MR) is 98.1 cm³/mol. The number of anilines is 1. The second-order valence-electron chi connectivity index (χ2n) is 7.14. The van der Waals surface area contributed by atoms with E-state index < -0.39 is 23.1 Å². The van der Waals surface area contributed by atoms with Crippen LogP contribution in [-0.2, 0) is 19.8 Å². The number of aromatic nitrogens is 4. The fraction of sp³-hybridized carbons (Fsp3) is 0.389. The molecule has 0 aliphatic rings. The molecule has 3 rings (SSSR count). The summed E-state index contributed by atoms with van der Waals surface area (Å²) in [5.74, 6) is -1.16. The minimum Gasteiger partial charge on any atom is -0.394 e. The van der Waals surface area contributed by atoms with Crippen LogP contribution in [0.1, 0.15) is 25.2 Å². The summed E-state index contributed by atoms with van der Waals surface area (Å²) in [5.41, 5.74) is -1.43. The lowest BCUT2D eigenvalue weighted by molar-refractivity contribution is -0.146. The van der Waals surface area contributed by atoms with Gasteiger partial charge in [0, 0.05) is 13.6 Å². The van der Waals surface area contributed by atoms with Crippen LogP contribution in [-0.4, -0.2) is 36.4 Å². The zero-order chi connectivity index (χ0) is 20.7. The van der Waals surface area contributed by atoms with Crippen molar-refractivity contribution in [1.29, 1.82) is 0 Å². The molecule has 0 aliphatic heterocycles. The maximum Gasteiger partial charge on any atom is 0.449 e. The average molecular weight is 395 g/mol. The van der Waals surface area contributed by atoms with E-state index in [0.717, 1.165) is 9.13 Å². The molecule has 3 aromatic rings. The summed E-state index contributed by atoms with van der Waals surface area (Å²) in [6.45, 7) is 2.90. The van der Waals surface area contributed by atoms with Crippen LogP contribution in [0.4, 0.5) is 19.1 Å². The zero-order valence-electron chi connectivity index (χ0n) is 15.6. The monoisotopic (exact) mass is 395 g/mol. The first kappa shape index (κ1) is 19.9. The van der Waals surface area contributed by atoms with E-state index in [-0.39, 0.29) is 30.3 Å². The van der Waals surface area contributed by atoms with Gasteiger partial charge in [-0.25, -0.2) is 4.98 Å². The van der Waals surface area contributed by atoms with Crippen molar-refractivity contribution >= 4 is 17.1 Å². The Morgan fingerprint density at radius 1 is 1.14 bits per heavy atom. The molecule has 0 fully saturated rings. The lowest BCUT2D eigenvalue weighted by Crippen LogP contribution is -2.38. The number of aliphatic hydroxyl groups excluding tert-OH is 1. The molecule has 2 aromatic heterocycles. The number of halogens is 3. The topological polar surface area (TPSA) is 85.0 Å². The van der Waals surface area contributed by atoms with Crippen LogP contribution in [0, 0.1) is 0 Å². The van der Waals surface area contributed by atoms with E-state index in [0.29, 0.717) is 5.56 Å². The van der Waals surface area contributed by atoms with Gasteiger partial charge in [-0.05, 0) is 19.4 Å². The molecule has 2 heterocycles. The number of alkyl halides is 3. The Bertz CT molecular complexity index is 1050. The number of nitrogens with one attached hydrogen (secondary N) is 1. The molecule has 0 saturated heterocycles. The van der Waals surface area contributed by atoms with E-state index >= 15 is 0 Å². The van der Waals surface area contributed by atoms with Gasteiger partial charge in [-0.15, -0.1) is 0 Å². The minimum atomic E-state index is -4.75. The summed E-state index contributed by atoms with van der Waals surface area (Å²) in [5, 5.41) is 12.3. The Hall–Kier alpha value is -2.88. The van der Waals surface area contributed by atoms with Gasteiger partial charge in [0.25, 0.3) is 5.56 Å². The van der Waals surface area contributed by atoms with E-state index in [1.54, 1.807) is 44.2 Å². The standard InChI is InChI=1S/C18H20F3N5O2/c1-17(2,10-27)24-16-23-13-12(14(28)25(16)3)26(15(22-13)18(19,20)21)9-11-7-5-4-6-8-11/h4-8,27H,9-10H2,1-3H3,(H,23,24). The van der Waals surface area contributed by atoms with E-state index in [4.69, 9.17) is 0 Å². The second kappa shape index (κ2) is 6.93. The number of benzene rings is 1. The van der Waals surface area contributed by atoms with Crippen molar-refractivity contribution in [2.75, 3.05) is 11.9 Å². The highest BCUT2D eigenvalue weighted by Crippen LogP contribution is 2.31. The molecule has 0 aliphatic carbocycles. The molecule has 0 bridgehead atoms. The molecule has 0 saturated carbocycles. The first-order valence-corrected chi connectivity index (χ1v) is 8.51. The summed E-state index contributed by atoms with van der Waals surface area (Å²) >= 11 is 0. The van der Waals surface area contributed by atoms with Crippen LogP contribution in [0.25, 0.3) is 11.2 Å². The fourth-order valence-electron chi connectivity index (χ4n) is 2.75. The second-order valence-corrected chi connectivity index (χ2v) is 7.14. The van der Waals surface area contributed by atoms with Crippen LogP contribution >= 0.6 is 0 Å². The van der Waals surface area contributed by atoms with E-state index in [2.05, 4.69) is 15.3 Å². The fourth-order valence-corrected chi connectivity index (χ4v) is 2.75. The molecule has 2 N–H and O–H groups in total. The van der Waals surface area contributed by atoms with Gasteiger partial charge < -0.3 is 15.0 Å². The number of nitrogens with zero attached hydrogens (tertiary/aromatic N) is 4. The summed E-state index contributed by atoms with van der Waals surface area (Å²) < 4.78 is 42.7. The Kier molecular flexibility index (Phi) is 4.92. The molecular formula is C18H20F3N5O2. The van der Waals surface area contributed by atoms with Gasteiger partial charge >= 0.3 is 6.18 Å². The third-order valence-electron chi connectivity index (χ3n) is 4.27. The highest BCUT2D eigenvalue weighted by atomic mass is 19.4. The third-order valence-corrected chi connectivity index (χ3v) is 4.27. The molecule has 0 amide bonds. The van der Waals surface area contributed by atoms with Gasteiger partial charge in [0.1, 0.15) is 0 Å². The molecule has 7 nitrogen and oxygen atoms in total. The lowest BCUT2D eigenvalue weighted by Gasteiger charge is -2.25. The maximum atomic E-state index is 13.6. The molecule has 28 heavy (non-hydrogen) atoms. The van der Waals surface area contributed by atoms with Crippen LogP contribution in [0.5, 0.6) is 0 Å². The molecule has 0 radical (unpaired) electrons. The number of imidazole rings is 1. The van der Waals surface area contributed by atoms with Crippen LogP contribution < -0.4 is 10.9 Å². The SMILES string of the molecule is Cn1c(NC(C)(C)CO)nc2nc(C(F)(F)F)n(Cc3ccccc3)c2c1=O. The van der Waals surface area contributed by atoms with Crippen LogP contribution in [0.2, 0.25) is 0 Å². The molecule has 1 aromatic carbocycles. The van der Waals surface area contributed by atoms with Gasteiger partial charge in [0.05, 0.1) is 12.1 Å². The van der Waals surface area contributed by atoms with Crippen molar-refractivity contribution in [1.82, 2.24) is 19.1 Å². The molecule has 0 spiro atoms. The number of hydrogen-bond donors (Lipinski definition) is 2. The van der Waals surface area contributed by atoms with Crippen LogP contribution in [0.15, 0.2) is 35.1 Å². The van der Waals surface area contributed by atoms with Gasteiger partial charge in [-0.2, -0.15) is 18.2 Å². The minimum absolute atomic E-state index is 0.0228. The van der Waals surface area contributed by atoms with Gasteiger partial charge in [0.2, 0.25) is 11.8 Å². The molecule has 0 unspecified atom stereocenters. The largest absolute Gasteiger partial charge is 0.449 e. The molecule has 10 heteroatoms. The molecular weight excluding hydrogens is 375 g/mol. The van der Waals surface area contributed by atoms with Crippen LogP contribution in [0.3, 0.4) is 0 Å². The van der Waals surface area contributed by atoms with E-state index in [1.807, 2.05) is 0 Å². The third kappa shape index (κ3) is 3.72. The van der Waals surface area contributed by atoms with Crippen molar-refractivity contribution in [2.24, 2.45) is 7.05 Å². The first-order valence-electron chi connectivity index (χ1n) is 8.51. The summed E-state index contributed by atoms with van der Waals surface area (Å²) in [6.07, 6.45) is -4.75. The predicted octanol–water partition coefficient (Wildman–Crippen LogP) is 2.38. The molecule has 150 valence electrons. The van der Waals surface area contributed by atoms with Crippen molar-refractivity contribution in [3.8, 4) is 0 Å². The normalized spacial score (nSPS) is 12.5. The number of fused-ring (bicyclic) bond motifs is 1. The van der Waals surface area contributed by atoms with Crippen molar-refractivity contribution in [3.63, 3.8) is 0 Å². The number of rotatable bonds is 5. The highest BCUT2D eigenvalue weighted by molar-refractivity contribution is 5.72. The first-order chi connectivity index (χ1) is 13.0. The zero-order valence-corrected chi connectivity index (χ0v) is 15.6. The molecule has 0 atom stereocenters. The highest BCUT2D eigenvalue weighted by Gasteiger charge is 2.39. The maximum absolute atomic E-state index is 13.6. The summed E-state index contributed by atoms with van der Waals surface area (Å²) in [6, 6.07) is 8.50. The van der Waals surface area contributed by atoms with Crippen molar-refractivity contribution in [2.45, 2.75) is 32.1 Å². The lowest BCUT2D eigenvalue weighted by atomic mass is 10.1. The Morgan fingerprint density at radius 2 is 1.79 bits per heavy atom. The van der Waals surface area contributed by atoms with E-state index in [9.17, 15) is 23.1 Å². The number of hydrogen-bond acceptors (Lipinski definition) is 5. The van der Waals surface area contributed by atoms with Gasteiger partial charge in [-0.3, -0.25) is 9.36 Å². The smallest absolute Gasteiger partial charge is 0.394 e. The van der Waals surface area contributed by atoms with Gasteiger partial charge in [0.15, 0.2) is 11.2 Å². The summed E-state index contributed by atoms with van der Waals surface area (Å²) in [4.78, 5) is 20.6. The van der Waals surface area contributed by atoms with Crippen molar-refractivity contribution in [3.05, 3.63) is 52.1 Å². The number of aliphatic hydroxyl groups is 1. The Labute approximate surface area is 158 Å². The van der Waals surface area contributed by atoms with Gasteiger partial charge in [-0.1, -0.05) is 30.3 Å². The Balaban J connectivity index is 2.24.